The van der Waals surface area contributed by atoms with Crippen LogP contribution >= 0.6 is 0 Å². The zero-order valence-corrected chi connectivity index (χ0v) is 10.5. The second-order valence-electron chi connectivity index (χ2n) is 5.54. The third kappa shape index (κ3) is 1.82. The number of rotatable bonds is 1. The number of carbonyl (C=O) groups excluding carboxylic acids is 1. The monoisotopic (exact) mass is 248 g/mol. The summed E-state index contributed by atoms with van der Waals surface area (Å²) in [6.07, 6.45) is 4.50. The van der Waals surface area contributed by atoms with Crippen molar-refractivity contribution in [2.24, 2.45) is 5.92 Å². The molecule has 1 fully saturated rings. The maximum atomic E-state index is 13.2. The van der Waals surface area contributed by atoms with Gasteiger partial charge in [0.05, 0.1) is 12.0 Å². The van der Waals surface area contributed by atoms with Crippen LogP contribution < -0.4 is 4.74 Å². The Kier molecular flexibility index (Phi) is 2.65. The zero-order chi connectivity index (χ0) is 12.8. The van der Waals surface area contributed by atoms with E-state index in [1.165, 1.54) is 18.2 Å². The van der Waals surface area contributed by atoms with Crippen LogP contribution in [0.15, 0.2) is 18.2 Å². The fraction of sp³-hybridized carbons (Fsp3) is 0.533. The molecule has 2 unspecified atom stereocenters. The maximum Gasteiger partial charge on any atom is 0.170 e. The van der Waals surface area contributed by atoms with Gasteiger partial charge in [0.2, 0.25) is 0 Å². The first-order valence-electron chi connectivity index (χ1n) is 6.64. The van der Waals surface area contributed by atoms with Crippen molar-refractivity contribution in [2.75, 3.05) is 0 Å². The third-order valence-corrected chi connectivity index (χ3v) is 4.30. The fourth-order valence-electron chi connectivity index (χ4n) is 3.27. The molecule has 1 aromatic rings. The number of hydrogen-bond donors (Lipinski definition) is 0. The molecule has 0 aromatic heterocycles. The normalized spacial score (nSPS) is 30.3. The van der Waals surface area contributed by atoms with E-state index in [0.29, 0.717) is 23.7 Å². The summed E-state index contributed by atoms with van der Waals surface area (Å²) < 4.78 is 19.3. The molecule has 0 amide bonds. The molecule has 2 nitrogen and oxygen atoms in total. The molecule has 0 N–H and O–H groups in total. The first-order chi connectivity index (χ1) is 8.62. The molecule has 96 valence electrons. The minimum Gasteiger partial charge on any atom is -0.486 e. The second-order valence-corrected chi connectivity index (χ2v) is 5.54. The summed E-state index contributed by atoms with van der Waals surface area (Å²) >= 11 is 0. The van der Waals surface area contributed by atoms with Crippen LogP contribution in [0.5, 0.6) is 5.75 Å². The van der Waals surface area contributed by atoms with Crippen LogP contribution in [0.25, 0.3) is 0 Å². The lowest BCUT2D eigenvalue weighted by atomic mass is 9.87. The Bertz CT molecular complexity index is 497. The molecule has 1 aromatic carbocycles. The molecule has 0 saturated heterocycles. The summed E-state index contributed by atoms with van der Waals surface area (Å²) in [5.41, 5.74) is 0.167. The molecule has 3 rings (SSSR count). The van der Waals surface area contributed by atoms with E-state index in [0.717, 1.165) is 25.7 Å². The third-order valence-electron chi connectivity index (χ3n) is 4.30. The van der Waals surface area contributed by atoms with E-state index in [2.05, 4.69) is 6.92 Å². The van der Waals surface area contributed by atoms with Gasteiger partial charge in [-0.25, -0.2) is 4.39 Å². The lowest BCUT2D eigenvalue weighted by molar-refractivity contribution is 0.0420. The summed E-state index contributed by atoms with van der Waals surface area (Å²) in [6, 6.07) is 4.20. The number of halogens is 1. The van der Waals surface area contributed by atoms with E-state index in [1.54, 1.807) is 0 Å². The van der Waals surface area contributed by atoms with E-state index in [4.69, 9.17) is 4.74 Å². The van der Waals surface area contributed by atoms with E-state index in [1.807, 2.05) is 0 Å². The topological polar surface area (TPSA) is 26.3 Å². The SMILES string of the molecule is CCC1CCC2(CC(=O)c3ccc(F)cc3O2)C1. The Balaban J connectivity index is 1.94. The first kappa shape index (κ1) is 11.7. The lowest BCUT2D eigenvalue weighted by Gasteiger charge is -2.35. The average molecular weight is 248 g/mol. The number of carbonyl (C=O) groups is 1. The predicted octanol–water partition coefficient (Wildman–Crippen LogP) is 3.74. The molecule has 3 heteroatoms. The maximum absolute atomic E-state index is 13.2. The molecule has 18 heavy (non-hydrogen) atoms. The summed E-state index contributed by atoms with van der Waals surface area (Å²) in [5, 5.41) is 0. The van der Waals surface area contributed by atoms with Gasteiger partial charge in [-0.15, -0.1) is 0 Å². The minimum absolute atomic E-state index is 0.0907. The number of ketones is 1. The number of Topliss-reactive ketones (excluding diaryl/α,β-unsaturated/α-hetero) is 1. The molecule has 0 radical (unpaired) electrons. The smallest absolute Gasteiger partial charge is 0.170 e. The quantitative estimate of drug-likeness (QED) is 0.756. The molecule has 1 aliphatic carbocycles. The molecule has 1 saturated carbocycles. The summed E-state index contributed by atoms with van der Waals surface area (Å²) in [6.45, 7) is 2.17. The van der Waals surface area contributed by atoms with Gasteiger partial charge in [0.25, 0.3) is 0 Å². The molecule has 2 atom stereocenters. The van der Waals surface area contributed by atoms with Crippen molar-refractivity contribution < 1.29 is 13.9 Å². The number of hydrogen-bond acceptors (Lipinski definition) is 2. The molecular formula is C15H17FO2. The molecular weight excluding hydrogens is 231 g/mol. The van der Waals surface area contributed by atoms with E-state index in [9.17, 15) is 9.18 Å². The van der Waals surface area contributed by atoms with Gasteiger partial charge < -0.3 is 4.74 Å². The average Bonchev–Trinajstić information content (AvgIpc) is 2.71. The Morgan fingerprint density at radius 2 is 2.33 bits per heavy atom. The Hall–Kier alpha value is -1.38. The van der Waals surface area contributed by atoms with Crippen molar-refractivity contribution in [2.45, 2.75) is 44.6 Å². The van der Waals surface area contributed by atoms with Crippen molar-refractivity contribution >= 4 is 5.78 Å². The van der Waals surface area contributed by atoms with E-state index < -0.39 is 0 Å². The van der Waals surface area contributed by atoms with Gasteiger partial charge >= 0.3 is 0 Å². The Morgan fingerprint density at radius 3 is 3.06 bits per heavy atom. The van der Waals surface area contributed by atoms with Crippen LogP contribution in [0.3, 0.4) is 0 Å². The van der Waals surface area contributed by atoms with Crippen molar-refractivity contribution in [3.8, 4) is 5.75 Å². The van der Waals surface area contributed by atoms with E-state index in [-0.39, 0.29) is 17.2 Å². The van der Waals surface area contributed by atoms with Crippen molar-refractivity contribution in [3.63, 3.8) is 0 Å². The number of fused-ring (bicyclic) bond motifs is 1. The summed E-state index contributed by atoms with van der Waals surface area (Å²) in [7, 11) is 0. The van der Waals surface area contributed by atoms with Gasteiger partial charge in [0.15, 0.2) is 5.78 Å². The van der Waals surface area contributed by atoms with Crippen LogP contribution in [-0.4, -0.2) is 11.4 Å². The highest BCUT2D eigenvalue weighted by Crippen LogP contribution is 2.46. The molecule has 1 spiro atoms. The standard InChI is InChI=1S/C15H17FO2/c1-2-10-5-6-15(8-10)9-13(17)12-4-3-11(16)7-14(12)18-15/h3-4,7,10H,2,5-6,8-9H2,1H3. The Morgan fingerprint density at radius 1 is 1.50 bits per heavy atom. The highest BCUT2D eigenvalue weighted by molar-refractivity contribution is 6.00. The van der Waals surface area contributed by atoms with Gasteiger partial charge in [-0.2, -0.15) is 0 Å². The van der Waals surface area contributed by atoms with E-state index >= 15 is 0 Å². The van der Waals surface area contributed by atoms with Crippen molar-refractivity contribution in [3.05, 3.63) is 29.6 Å². The van der Waals surface area contributed by atoms with Crippen LogP contribution in [0.4, 0.5) is 4.39 Å². The lowest BCUT2D eigenvalue weighted by Crippen LogP contribution is -2.39. The molecule has 0 bridgehead atoms. The fourth-order valence-corrected chi connectivity index (χ4v) is 3.27. The largest absolute Gasteiger partial charge is 0.486 e. The van der Waals surface area contributed by atoms with Crippen LogP contribution in [0.1, 0.15) is 49.4 Å². The second kappa shape index (κ2) is 4.08. The molecule has 2 aliphatic rings. The minimum atomic E-state index is -0.363. The van der Waals surface area contributed by atoms with Crippen molar-refractivity contribution in [1.82, 2.24) is 0 Å². The first-order valence-corrected chi connectivity index (χ1v) is 6.64. The van der Waals surface area contributed by atoms with Gasteiger partial charge in [-0.3, -0.25) is 4.79 Å². The highest BCUT2D eigenvalue weighted by Gasteiger charge is 2.45. The predicted molar refractivity (Wildman–Crippen MR) is 66.3 cm³/mol. The van der Waals surface area contributed by atoms with Gasteiger partial charge in [0.1, 0.15) is 17.2 Å². The van der Waals surface area contributed by atoms with Gasteiger partial charge in [0, 0.05) is 6.07 Å². The summed E-state index contributed by atoms with van der Waals surface area (Å²) in [5.74, 6) is 0.813. The van der Waals surface area contributed by atoms with Crippen molar-refractivity contribution in [1.29, 1.82) is 0 Å². The van der Waals surface area contributed by atoms with Gasteiger partial charge in [-0.05, 0) is 37.3 Å². The molecule has 1 heterocycles. The number of benzene rings is 1. The summed E-state index contributed by atoms with van der Waals surface area (Å²) in [4.78, 5) is 12.2. The highest BCUT2D eigenvalue weighted by atomic mass is 19.1. The molecule has 1 aliphatic heterocycles. The van der Waals surface area contributed by atoms with Crippen LogP contribution in [0.2, 0.25) is 0 Å². The Labute approximate surface area is 106 Å². The number of ether oxygens (including phenoxy) is 1. The van der Waals surface area contributed by atoms with Gasteiger partial charge in [-0.1, -0.05) is 13.3 Å². The van der Waals surface area contributed by atoms with Crippen LogP contribution in [-0.2, 0) is 0 Å². The zero-order valence-electron chi connectivity index (χ0n) is 10.5. The van der Waals surface area contributed by atoms with Crippen LogP contribution in [0, 0.1) is 11.7 Å².